The first-order chi connectivity index (χ1) is 2.56. The molecule has 0 aromatic carbocycles. The molecule has 0 N–H and O–H groups in total. The molecule has 0 amide bonds. The Hall–Kier alpha value is 0.394. The summed E-state index contributed by atoms with van der Waals surface area (Å²) in [5.74, 6) is 0. The SMILES string of the molecule is COC(C)([SiH3])[SiH3]. The van der Waals surface area contributed by atoms with E-state index in [0.29, 0.717) is 4.85 Å². The molecule has 0 aliphatic rings. The second kappa shape index (κ2) is 1.90. The third-order valence-electron chi connectivity index (χ3n) is 0.612. The van der Waals surface area contributed by atoms with Crippen LogP contribution in [0.15, 0.2) is 0 Å². The number of methoxy groups -OCH3 is 1. The number of ether oxygens (including phenoxy) is 1. The largest absolute Gasteiger partial charge is 0.387 e. The van der Waals surface area contributed by atoms with Crippen molar-refractivity contribution in [1.29, 1.82) is 0 Å². The van der Waals surface area contributed by atoms with Crippen molar-refractivity contribution in [1.82, 2.24) is 0 Å². The van der Waals surface area contributed by atoms with Crippen molar-refractivity contribution in [3.8, 4) is 0 Å². The van der Waals surface area contributed by atoms with Gasteiger partial charge in [0.25, 0.3) is 0 Å². The van der Waals surface area contributed by atoms with Gasteiger partial charge in [-0.1, -0.05) is 0 Å². The monoisotopic (exact) mass is 120 g/mol. The van der Waals surface area contributed by atoms with Gasteiger partial charge >= 0.3 is 0 Å². The summed E-state index contributed by atoms with van der Waals surface area (Å²) >= 11 is 0. The highest BCUT2D eigenvalue weighted by Gasteiger charge is 2.03. The van der Waals surface area contributed by atoms with Crippen LogP contribution < -0.4 is 0 Å². The van der Waals surface area contributed by atoms with E-state index >= 15 is 0 Å². The predicted molar refractivity (Wildman–Crippen MR) is 35.3 cm³/mol. The van der Waals surface area contributed by atoms with Crippen molar-refractivity contribution in [2.75, 3.05) is 7.11 Å². The van der Waals surface area contributed by atoms with Gasteiger partial charge in [-0.25, -0.2) is 0 Å². The second-order valence-corrected chi connectivity index (χ2v) is 9.13. The van der Waals surface area contributed by atoms with E-state index in [-0.39, 0.29) is 0 Å². The molecule has 0 unspecified atom stereocenters. The highest BCUT2D eigenvalue weighted by Crippen LogP contribution is 1.91. The van der Waals surface area contributed by atoms with E-state index in [1.807, 2.05) is 0 Å². The Labute approximate surface area is 44.9 Å². The normalized spacial score (nSPS) is 21.0. The van der Waals surface area contributed by atoms with Gasteiger partial charge < -0.3 is 4.74 Å². The lowest BCUT2D eigenvalue weighted by molar-refractivity contribution is 0.147. The van der Waals surface area contributed by atoms with Crippen molar-refractivity contribution in [2.45, 2.75) is 11.8 Å². The van der Waals surface area contributed by atoms with Crippen LogP contribution in [0.2, 0.25) is 0 Å². The van der Waals surface area contributed by atoms with Crippen molar-refractivity contribution >= 4 is 20.5 Å². The van der Waals surface area contributed by atoms with E-state index in [2.05, 4.69) is 6.92 Å². The summed E-state index contributed by atoms with van der Waals surface area (Å²) < 4.78 is 5.06. The van der Waals surface area contributed by atoms with E-state index in [1.54, 1.807) is 7.11 Å². The Morgan fingerprint density at radius 3 is 1.67 bits per heavy atom. The van der Waals surface area contributed by atoms with Crippen LogP contribution in [-0.2, 0) is 4.74 Å². The molecule has 0 bridgehead atoms. The topological polar surface area (TPSA) is 9.23 Å². The van der Waals surface area contributed by atoms with Gasteiger partial charge in [-0.3, -0.25) is 0 Å². The van der Waals surface area contributed by atoms with Crippen LogP contribution in [0.25, 0.3) is 0 Å². The molecule has 0 saturated carbocycles. The Balaban J connectivity index is 3.17. The number of hydrogen-bond acceptors (Lipinski definition) is 1. The van der Waals surface area contributed by atoms with Gasteiger partial charge in [0.15, 0.2) is 0 Å². The molecule has 6 heavy (non-hydrogen) atoms. The maximum absolute atomic E-state index is 5.06. The summed E-state index contributed by atoms with van der Waals surface area (Å²) in [6, 6.07) is 0. The lowest BCUT2D eigenvalue weighted by Crippen LogP contribution is -2.26. The van der Waals surface area contributed by atoms with E-state index < -0.39 is 0 Å². The molecule has 3 heteroatoms. The lowest BCUT2D eigenvalue weighted by Gasteiger charge is -2.14. The van der Waals surface area contributed by atoms with Crippen LogP contribution in [0.5, 0.6) is 0 Å². The van der Waals surface area contributed by atoms with Gasteiger partial charge in [0.05, 0.1) is 0 Å². The maximum atomic E-state index is 5.06. The fourth-order valence-corrected chi connectivity index (χ4v) is 0. The molecular weight excluding hydrogens is 108 g/mol. The third-order valence-corrected chi connectivity index (χ3v) is 1.43. The molecule has 0 aliphatic heterocycles. The standard InChI is InChI=1S/C3H12OSi2/c1-3(5,6)4-2/h1-2,5-6H3. The smallest absolute Gasteiger partial charge is 0.0373 e. The zero-order valence-electron chi connectivity index (χ0n) is 4.91. The van der Waals surface area contributed by atoms with Crippen molar-refractivity contribution in [3.05, 3.63) is 0 Å². The summed E-state index contributed by atoms with van der Waals surface area (Å²) in [7, 11) is 4.11. The first-order valence-electron chi connectivity index (χ1n) is 2.11. The molecule has 0 fully saturated rings. The fourth-order valence-electron chi connectivity index (χ4n) is 0. The first kappa shape index (κ1) is 6.39. The molecule has 0 rings (SSSR count). The van der Waals surface area contributed by atoms with Crippen LogP contribution >= 0.6 is 0 Å². The van der Waals surface area contributed by atoms with Crippen molar-refractivity contribution in [2.24, 2.45) is 0 Å². The molecule has 38 valence electrons. The quantitative estimate of drug-likeness (QED) is 0.365. The minimum atomic E-state index is 0.319. The molecule has 0 spiro atoms. The van der Waals surface area contributed by atoms with Crippen LogP contribution in [0.1, 0.15) is 6.92 Å². The van der Waals surface area contributed by atoms with Crippen molar-refractivity contribution < 1.29 is 4.74 Å². The number of rotatable bonds is 1. The van der Waals surface area contributed by atoms with Gasteiger partial charge in [0.1, 0.15) is 0 Å². The summed E-state index contributed by atoms with van der Waals surface area (Å²) in [6.07, 6.45) is 0. The molecule has 0 atom stereocenters. The van der Waals surface area contributed by atoms with Crippen LogP contribution in [0.3, 0.4) is 0 Å². The van der Waals surface area contributed by atoms with E-state index in [1.165, 1.54) is 20.5 Å². The van der Waals surface area contributed by atoms with Crippen LogP contribution in [0.4, 0.5) is 0 Å². The molecule has 0 aliphatic carbocycles. The number of hydrogen-bond donors (Lipinski definition) is 0. The van der Waals surface area contributed by atoms with Gasteiger partial charge in [-0.15, -0.1) is 0 Å². The molecule has 0 aromatic heterocycles. The Bertz CT molecular complexity index is 38.5. The van der Waals surface area contributed by atoms with E-state index in [9.17, 15) is 0 Å². The average molecular weight is 120 g/mol. The molecular formula is C3H12OSi2. The van der Waals surface area contributed by atoms with Gasteiger partial charge in [0.2, 0.25) is 0 Å². The van der Waals surface area contributed by atoms with Crippen LogP contribution in [-0.4, -0.2) is 32.4 Å². The second-order valence-electron chi connectivity index (χ2n) is 2.32. The Morgan fingerprint density at radius 2 is 1.67 bits per heavy atom. The molecule has 1 nitrogen and oxygen atoms in total. The fraction of sp³-hybridized carbons (Fsp3) is 1.00. The lowest BCUT2D eigenvalue weighted by atomic mass is 10.8. The molecule has 0 saturated heterocycles. The summed E-state index contributed by atoms with van der Waals surface area (Å²) in [4.78, 5) is 0.319. The third kappa shape index (κ3) is 4.39. The summed E-state index contributed by atoms with van der Waals surface area (Å²) in [6.45, 7) is 2.14. The van der Waals surface area contributed by atoms with Gasteiger partial charge in [-0.05, 0) is 6.92 Å². The molecule has 0 heterocycles. The predicted octanol–water partition coefficient (Wildman–Crippen LogP) is -1.96. The van der Waals surface area contributed by atoms with Crippen molar-refractivity contribution in [3.63, 3.8) is 0 Å². The minimum absolute atomic E-state index is 0.319. The maximum Gasteiger partial charge on any atom is 0.0373 e. The van der Waals surface area contributed by atoms with E-state index in [4.69, 9.17) is 4.74 Å². The average Bonchev–Trinajstić information content (AvgIpc) is 1.35. The highest BCUT2D eigenvalue weighted by atomic mass is 28.2. The Morgan fingerprint density at radius 1 is 1.50 bits per heavy atom. The Kier molecular flexibility index (Phi) is 2.03. The van der Waals surface area contributed by atoms with E-state index in [0.717, 1.165) is 0 Å². The minimum Gasteiger partial charge on any atom is -0.387 e. The zero-order valence-corrected chi connectivity index (χ0v) is 8.91. The first-order valence-corrected chi connectivity index (χ1v) is 4.11. The zero-order chi connectivity index (χ0) is 5.21. The highest BCUT2D eigenvalue weighted by molar-refractivity contribution is 6.38. The molecule has 0 aromatic rings. The molecule has 0 radical (unpaired) electrons. The summed E-state index contributed by atoms with van der Waals surface area (Å²) in [5, 5.41) is 0. The van der Waals surface area contributed by atoms with Gasteiger partial charge in [-0.2, -0.15) is 0 Å². The van der Waals surface area contributed by atoms with Gasteiger partial charge in [0, 0.05) is 32.4 Å². The summed E-state index contributed by atoms with van der Waals surface area (Å²) in [5.41, 5.74) is 0. The van der Waals surface area contributed by atoms with Crippen LogP contribution in [0, 0.1) is 0 Å².